The molecule has 0 saturated carbocycles. The second-order valence-corrected chi connectivity index (χ2v) is 2.61. The molecule has 5 heteroatoms. The maximum Gasteiger partial charge on any atom is 0.147 e. The Kier molecular flexibility index (Phi) is 3.40. The van der Waals surface area contributed by atoms with Crippen molar-refractivity contribution in [3.8, 4) is 0 Å². The summed E-state index contributed by atoms with van der Waals surface area (Å²) in [6.45, 7) is 1.98. The molecule has 0 aliphatic rings. The van der Waals surface area contributed by atoms with Crippen molar-refractivity contribution in [2.45, 2.75) is 13.3 Å². The smallest absolute Gasteiger partial charge is 0.147 e. The molecule has 4 nitrogen and oxygen atoms in total. The van der Waals surface area contributed by atoms with E-state index in [0.717, 1.165) is 11.4 Å². The molecule has 1 heterocycles. The zero-order valence-corrected chi connectivity index (χ0v) is 7.56. The van der Waals surface area contributed by atoms with Gasteiger partial charge < -0.3 is 0 Å². The summed E-state index contributed by atoms with van der Waals surface area (Å²) in [5.74, 6) is 0.709. The minimum absolute atomic E-state index is 0.709. The fourth-order valence-corrected chi connectivity index (χ4v) is 0.638. The van der Waals surface area contributed by atoms with E-state index >= 15 is 0 Å². The molecule has 0 atom stereocenters. The van der Waals surface area contributed by atoms with Crippen molar-refractivity contribution in [3.05, 3.63) is 18.6 Å². The summed E-state index contributed by atoms with van der Waals surface area (Å²) in [6.07, 6.45) is 3.94. The quantitative estimate of drug-likeness (QED) is 0.542. The van der Waals surface area contributed by atoms with Crippen molar-refractivity contribution < 1.29 is 0 Å². The lowest BCUT2D eigenvalue weighted by Gasteiger charge is -2.06. The van der Waals surface area contributed by atoms with Crippen LogP contribution in [0.3, 0.4) is 0 Å². The van der Waals surface area contributed by atoms with Crippen LogP contribution in [0.2, 0.25) is 0 Å². The van der Waals surface area contributed by atoms with Crippen molar-refractivity contribution in [1.82, 2.24) is 15.4 Å². The average Bonchev–Trinajstić information content (AvgIpc) is 2.16. The molecular weight excluding hydrogens is 172 g/mol. The van der Waals surface area contributed by atoms with Crippen LogP contribution in [0.5, 0.6) is 0 Å². The first-order valence-corrected chi connectivity index (χ1v) is 4.04. The van der Waals surface area contributed by atoms with Gasteiger partial charge in [-0.1, -0.05) is 19.1 Å². The lowest BCUT2D eigenvalue weighted by atomic mass is 10.5. The molecule has 0 aliphatic carbocycles. The van der Waals surface area contributed by atoms with E-state index in [0.29, 0.717) is 5.82 Å². The van der Waals surface area contributed by atoms with Crippen molar-refractivity contribution in [2.24, 2.45) is 0 Å². The molecule has 64 valence electrons. The molecule has 0 aliphatic heterocycles. The number of nitrogens with zero attached hydrogens (tertiary/aromatic N) is 2. The van der Waals surface area contributed by atoms with Crippen LogP contribution in [0.4, 0.5) is 5.82 Å². The first-order valence-electron chi connectivity index (χ1n) is 3.63. The molecule has 0 spiro atoms. The molecule has 0 unspecified atom stereocenters. The third kappa shape index (κ3) is 2.79. The van der Waals surface area contributed by atoms with Crippen molar-refractivity contribution in [1.29, 1.82) is 0 Å². The monoisotopic (exact) mass is 182 g/mol. The number of hydrogen-bond acceptors (Lipinski definition) is 4. The Morgan fingerprint density at radius 1 is 1.67 bits per heavy atom. The molecule has 2 N–H and O–H groups in total. The Hall–Kier alpha value is -1.23. The SMILES string of the molecule is CCC(=S)NNc1ccncn1. The maximum atomic E-state index is 4.94. The molecule has 0 aromatic carbocycles. The van der Waals surface area contributed by atoms with Crippen LogP contribution < -0.4 is 10.9 Å². The number of hydrazine groups is 1. The Morgan fingerprint density at radius 3 is 3.08 bits per heavy atom. The van der Waals surface area contributed by atoms with Gasteiger partial charge in [-0.2, -0.15) is 0 Å². The third-order valence-electron chi connectivity index (χ3n) is 1.23. The zero-order chi connectivity index (χ0) is 8.81. The van der Waals surface area contributed by atoms with Gasteiger partial charge in [-0.25, -0.2) is 9.97 Å². The second-order valence-electron chi connectivity index (χ2n) is 2.12. The van der Waals surface area contributed by atoms with Gasteiger partial charge in [0.2, 0.25) is 0 Å². The summed E-state index contributed by atoms with van der Waals surface area (Å²) in [7, 11) is 0. The highest BCUT2D eigenvalue weighted by atomic mass is 32.1. The Labute approximate surface area is 76.4 Å². The summed E-state index contributed by atoms with van der Waals surface area (Å²) in [6, 6.07) is 1.76. The van der Waals surface area contributed by atoms with E-state index in [4.69, 9.17) is 12.2 Å². The van der Waals surface area contributed by atoms with Crippen LogP contribution in [0.1, 0.15) is 13.3 Å². The average molecular weight is 182 g/mol. The zero-order valence-electron chi connectivity index (χ0n) is 6.74. The highest BCUT2D eigenvalue weighted by Crippen LogP contribution is 1.94. The van der Waals surface area contributed by atoms with Gasteiger partial charge in [0, 0.05) is 12.3 Å². The third-order valence-corrected chi connectivity index (χ3v) is 1.62. The predicted molar refractivity (Wildman–Crippen MR) is 51.7 cm³/mol. The van der Waals surface area contributed by atoms with E-state index in [1.54, 1.807) is 12.3 Å². The summed E-state index contributed by atoms with van der Waals surface area (Å²) >= 11 is 4.94. The summed E-state index contributed by atoms with van der Waals surface area (Å²) in [4.78, 5) is 8.48. The fourth-order valence-electron chi connectivity index (χ4n) is 0.587. The van der Waals surface area contributed by atoms with Crippen LogP contribution in [-0.2, 0) is 0 Å². The summed E-state index contributed by atoms with van der Waals surface area (Å²) in [5, 5.41) is 0. The highest BCUT2D eigenvalue weighted by Gasteiger charge is 1.91. The Balaban J connectivity index is 2.38. The van der Waals surface area contributed by atoms with Crippen LogP contribution in [0.15, 0.2) is 18.6 Å². The van der Waals surface area contributed by atoms with E-state index in [9.17, 15) is 0 Å². The van der Waals surface area contributed by atoms with Gasteiger partial charge in [-0.3, -0.25) is 10.9 Å². The highest BCUT2D eigenvalue weighted by molar-refractivity contribution is 7.80. The summed E-state index contributed by atoms with van der Waals surface area (Å²) < 4.78 is 0. The van der Waals surface area contributed by atoms with Gasteiger partial charge in [0.15, 0.2) is 0 Å². The molecule has 0 bridgehead atoms. The minimum atomic E-state index is 0.709. The van der Waals surface area contributed by atoms with Gasteiger partial charge in [-0.05, 0) is 6.42 Å². The minimum Gasteiger partial charge on any atom is -0.293 e. The van der Waals surface area contributed by atoms with Gasteiger partial charge in [0.1, 0.15) is 12.1 Å². The molecule has 0 fully saturated rings. The number of aromatic nitrogens is 2. The van der Waals surface area contributed by atoms with E-state index in [2.05, 4.69) is 20.8 Å². The van der Waals surface area contributed by atoms with Crippen LogP contribution >= 0.6 is 12.2 Å². The molecule has 1 aromatic rings. The number of nitrogens with one attached hydrogen (secondary N) is 2. The number of hydrogen-bond donors (Lipinski definition) is 2. The van der Waals surface area contributed by atoms with Crippen molar-refractivity contribution >= 4 is 23.0 Å². The molecule has 1 aromatic heterocycles. The van der Waals surface area contributed by atoms with Crippen LogP contribution in [-0.4, -0.2) is 15.0 Å². The predicted octanol–water partition coefficient (Wildman–Crippen LogP) is 1.13. The van der Waals surface area contributed by atoms with Crippen LogP contribution in [0.25, 0.3) is 0 Å². The van der Waals surface area contributed by atoms with Gasteiger partial charge >= 0.3 is 0 Å². The van der Waals surface area contributed by atoms with E-state index in [1.165, 1.54) is 6.33 Å². The first-order chi connectivity index (χ1) is 5.83. The number of rotatable bonds is 3. The molecular formula is C7H10N4S. The number of thiocarbonyl (C=S) groups is 1. The normalized spacial score (nSPS) is 9.08. The fraction of sp³-hybridized carbons (Fsp3) is 0.286. The van der Waals surface area contributed by atoms with Gasteiger partial charge in [0.25, 0.3) is 0 Å². The number of anilines is 1. The Bertz CT molecular complexity index is 249. The lowest BCUT2D eigenvalue weighted by Crippen LogP contribution is -2.27. The van der Waals surface area contributed by atoms with Gasteiger partial charge in [0.05, 0.1) is 4.99 Å². The molecule has 0 radical (unpaired) electrons. The topological polar surface area (TPSA) is 49.8 Å². The van der Waals surface area contributed by atoms with Crippen molar-refractivity contribution in [3.63, 3.8) is 0 Å². The summed E-state index contributed by atoms with van der Waals surface area (Å²) in [5.41, 5.74) is 5.69. The molecule has 0 saturated heterocycles. The molecule has 0 amide bonds. The molecule has 12 heavy (non-hydrogen) atoms. The first kappa shape index (κ1) is 8.86. The standard InChI is InChI=1S/C7H10N4S/c1-2-7(12)11-10-6-3-4-8-5-9-6/h3-5H,2H2,1H3,(H,11,12)(H,8,9,10). The van der Waals surface area contributed by atoms with Crippen molar-refractivity contribution in [2.75, 3.05) is 5.43 Å². The van der Waals surface area contributed by atoms with E-state index < -0.39 is 0 Å². The largest absolute Gasteiger partial charge is 0.293 e. The lowest BCUT2D eigenvalue weighted by molar-refractivity contribution is 1.04. The van der Waals surface area contributed by atoms with Gasteiger partial charge in [-0.15, -0.1) is 0 Å². The van der Waals surface area contributed by atoms with E-state index in [-0.39, 0.29) is 0 Å². The maximum absolute atomic E-state index is 4.94. The van der Waals surface area contributed by atoms with Crippen LogP contribution in [0, 0.1) is 0 Å². The Morgan fingerprint density at radius 2 is 2.50 bits per heavy atom. The second kappa shape index (κ2) is 4.61. The molecule has 1 rings (SSSR count). The van der Waals surface area contributed by atoms with E-state index in [1.807, 2.05) is 6.92 Å².